The summed E-state index contributed by atoms with van der Waals surface area (Å²) in [6.07, 6.45) is 1.71. The molecule has 0 amide bonds. The molecule has 0 aliphatic carbocycles. The number of hydrogen-bond acceptors (Lipinski definition) is 3. The third kappa shape index (κ3) is 2.66. The van der Waals surface area contributed by atoms with Crippen molar-refractivity contribution in [2.45, 2.75) is 19.9 Å². The predicted octanol–water partition coefficient (Wildman–Crippen LogP) is 5.23. The van der Waals surface area contributed by atoms with E-state index in [4.69, 9.17) is 0 Å². The van der Waals surface area contributed by atoms with E-state index >= 15 is 0 Å². The largest absolute Gasteiger partial charge is 0.507 e. The molecule has 0 atom stereocenters. The second-order valence-corrected chi connectivity index (χ2v) is 6.34. The lowest BCUT2D eigenvalue weighted by atomic mass is 10.0. The number of aliphatic imine (C=N–C) groups is 1. The van der Waals surface area contributed by atoms with Crippen molar-refractivity contribution < 1.29 is 5.11 Å². The zero-order valence-corrected chi connectivity index (χ0v) is 14.2. The maximum atomic E-state index is 10.3. The van der Waals surface area contributed by atoms with Crippen LogP contribution in [0.1, 0.15) is 25.5 Å². The lowest BCUT2D eigenvalue weighted by Crippen LogP contribution is -2.00. The van der Waals surface area contributed by atoms with Crippen molar-refractivity contribution >= 4 is 34.0 Å². The predicted molar refractivity (Wildman–Crippen MR) is 103 cm³/mol. The molecule has 0 bridgehead atoms. The van der Waals surface area contributed by atoms with Crippen molar-refractivity contribution in [3.8, 4) is 5.75 Å². The molecule has 1 heterocycles. The van der Waals surface area contributed by atoms with Gasteiger partial charge in [-0.25, -0.2) is 9.98 Å². The van der Waals surface area contributed by atoms with Crippen LogP contribution in [-0.2, 0) is 0 Å². The van der Waals surface area contributed by atoms with Gasteiger partial charge in [-0.2, -0.15) is 0 Å². The van der Waals surface area contributed by atoms with Crippen molar-refractivity contribution in [2.75, 3.05) is 0 Å². The van der Waals surface area contributed by atoms with Gasteiger partial charge >= 0.3 is 0 Å². The normalized spacial score (nSPS) is 12.0. The Bertz CT molecular complexity index is 1090. The van der Waals surface area contributed by atoms with Gasteiger partial charge in [-0.15, -0.1) is 0 Å². The molecule has 4 rings (SSSR count). The third-order valence-electron chi connectivity index (χ3n) is 4.35. The highest BCUT2D eigenvalue weighted by Gasteiger charge is 2.12. The Labute approximate surface area is 146 Å². The van der Waals surface area contributed by atoms with E-state index in [1.807, 2.05) is 48.5 Å². The molecule has 0 aliphatic rings. The lowest BCUT2D eigenvalue weighted by Gasteiger charge is -2.10. The molecule has 4 aromatic rings. The molecule has 0 aliphatic heterocycles. The van der Waals surface area contributed by atoms with E-state index in [-0.39, 0.29) is 11.8 Å². The average molecular weight is 329 g/mol. The first-order chi connectivity index (χ1) is 12.1. The third-order valence-corrected chi connectivity index (χ3v) is 4.35. The number of para-hydroxylation sites is 2. The van der Waals surface area contributed by atoms with E-state index in [0.29, 0.717) is 11.5 Å². The fourth-order valence-corrected chi connectivity index (χ4v) is 3.17. The number of nitrogens with zero attached hydrogens (tertiary/aromatic N) is 3. The number of phenolic OH excluding ortho intramolecular Hbond substituents is 1. The molecule has 1 aromatic heterocycles. The van der Waals surface area contributed by atoms with Crippen molar-refractivity contribution in [3.05, 3.63) is 66.2 Å². The van der Waals surface area contributed by atoms with Crippen LogP contribution in [0.4, 0.5) is 5.95 Å². The monoisotopic (exact) mass is 329 g/mol. The SMILES string of the molecule is CC(C)n1c(N=Cc2c(O)ccc3ccccc23)nc2ccccc21. The van der Waals surface area contributed by atoms with Crippen molar-refractivity contribution in [1.29, 1.82) is 0 Å². The minimum Gasteiger partial charge on any atom is -0.507 e. The number of phenols is 1. The van der Waals surface area contributed by atoms with Gasteiger partial charge in [0, 0.05) is 17.8 Å². The lowest BCUT2D eigenvalue weighted by molar-refractivity contribution is 0.475. The standard InChI is InChI=1S/C21H19N3O/c1-14(2)24-19-10-6-5-9-18(19)23-21(24)22-13-17-16-8-4-3-7-15(16)11-12-20(17)25/h3-14,25H,1-2H3. The van der Waals surface area contributed by atoms with E-state index in [1.165, 1.54) is 0 Å². The smallest absolute Gasteiger partial charge is 0.230 e. The van der Waals surface area contributed by atoms with E-state index in [0.717, 1.165) is 21.8 Å². The van der Waals surface area contributed by atoms with Gasteiger partial charge < -0.3 is 9.67 Å². The number of aromatic hydroxyl groups is 1. The van der Waals surface area contributed by atoms with Gasteiger partial charge in [-0.1, -0.05) is 42.5 Å². The van der Waals surface area contributed by atoms with Crippen LogP contribution in [0.25, 0.3) is 21.8 Å². The molecule has 1 N–H and O–H groups in total. The van der Waals surface area contributed by atoms with E-state index in [2.05, 4.69) is 34.5 Å². The Morgan fingerprint density at radius 2 is 1.76 bits per heavy atom. The summed E-state index contributed by atoms with van der Waals surface area (Å²) in [7, 11) is 0. The highest BCUT2D eigenvalue weighted by atomic mass is 16.3. The Hall–Kier alpha value is -3.14. The minimum atomic E-state index is 0.217. The second kappa shape index (κ2) is 6.06. The topological polar surface area (TPSA) is 50.4 Å². The summed E-state index contributed by atoms with van der Waals surface area (Å²) in [6.45, 7) is 4.23. The highest BCUT2D eigenvalue weighted by molar-refractivity contribution is 6.03. The quantitative estimate of drug-likeness (QED) is 0.523. The van der Waals surface area contributed by atoms with E-state index in [9.17, 15) is 5.11 Å². The first-order valence-corrected chi connectivity index (χ1v) is 8.37. The van der Waals surface area contributed by atoms with Crippen LogP contribution in [0.2, 0.25) is 0 Å². The molecule has 0 radical (unpaired) electrons. The van der Waals surface area contributed by atoms with Crippen molar-refractivity contribution in [2.24, 2.45) is 4.99 Å². The van der Waals surface area contributed by atoms with Crippen molar-refractivity contribution in [1.82, 2.24) is 9.55 Å². The van der Waals surface area contributed by atoms with Crippen LogP contribution in [0.3, 0.4) is 0 Å². The number of rotatable bonds is 3. The van der Waals surface area contributed by atoms with Crippen LogP contribution in [-0.4, -0.2) is 20.9 Å². The molecule has 0 spiro atoms. The Morgan fingerprint density at radius 3 is 2.60 bits per heavy atom. The Balaban J connectivity index is 1.87. The number of imidazole rings is 1. The first kappa shape index (κ1) is 15.4. The number of benzene rings is 3. The summed E-state index contributed by atoms with van der Waals surface area (Å²) in [5.74, 6) is 0.859. The molecular formula is C21H19N3O. The summed E-state index contributed by atoms with van der Waals surface area (Å²) in [5, 5.41) is 12.3. The van der Waals surface area contributed by atoms with Gasteiger partial charge in [-0.05, 0) is 42.8 Å². The fraction of sp³-hybridized carbons (Fsp3) is 0.143. The van der Waals surface area contributed by atoms with Gasteiger partial charge in [0.25, 0.3) is 0 Å². The molecule has 4 heteroatoms. The second-order valence-electron chi connectivity index (χ2n) is 6.34. The summed E-state index contributed by atoms with van der Waals surface area (Å²) in [6, 6.07) is 19.8. The number of fused-ring (bicyclic) bond motifs is 2. The highest BCUT2D eigenvalue weighted by Crippen LogP contribution is 2.28. The summed E-state index contributed by atoms with van der Waals surface area (Å²) < 4.78 is 2.11. The zero-order valence-electron chi connectivity index (χ0n) is 14.2. The van der Waals surface area contributed by atoms with Gasteiger partial charge in [0.2, 0.25) is 5.95 Å². The molecule has 4 nitrogen and oxygen atoms in total. The molecule has 0 unspecified atom stereocenters. The summed E-state index contributed by atoms with van der Waals surface area (Å²) >= 11 is 0. The summed E-state index contributed by atoms with van der Waals surface area (Å²) in [4.78, 5) is 9.25. The van der Waals surface area contributed by atoms with Gasteiger partial charge in [0.05, 0.1) is 11.0 Å². The van der Waals surface area contributed by atoms with Crippen LogP contribution < -0.4 is 0 Å². The molecule has 0 fully saturated rings. The molecule has 124 valence electrons. The van der Waals surface area contributed by atoms with Crippen LogP contribution in [0.15, 0.2) is 65.7 Å². The summed E-state index contributed by atoms with van der Waals surface area (Å²) in [5.41, 5.74) is 2.69. The van der Waals surface area contributed by atoms with Gasteiger partial charge in [0.15, 0.2) is 0 Å². The van der Waals surface area contributed by atoms with Gasteiger partial charge in [-0.3, -0.25) is 0 Å². The number of aromatic nitrogens is 2. The van der Waals surface area contributed by atoms with Crippen LogP contribution in [0, 0.1) is 0 Å². The van der Waals surface area contributed by atoms with Crippen molar-refractivity contribution in [3.63, 3.8) is 0 Å². The Morgan fingerprint density at radius 1 is 1.00 bits per heavy atom. The molecular weight excluding hydrogens is 310 g/mol. The van der Waals surface area contributed by atoms with Crippen LogP contribution >= 0.6 is 0 Å². The first-order valence-electron chi connectivity index (χ1n) is 8.37. The maximum Gasteiger partial charge on any atom is 0.230 e. The maximum absolute atomic E-state index is 10.3. The number of hydrogen-bond donors (Lipinski definition) is 1. The van der Waals surface area contributed by atoms with Gasteiger partial charge in [0.1, 0.15) is 5.75 Å². The average Bonchev–Trinajstić information content (AvgIpc) is 2.99. The molecule has 0 saturated carbocycles. The molecule has 3 aromatic carbocycles. The van der Waals surface area contributed by atoms with E-state index in [1.54, 1.807) is 12.3 Å². The molecule has 25 heavy (non-hydrogen) atoms. The van der Waals surface area contributed by atoms with Crippen LogP contribution in [0.5, 0.6) is 5.75 Å². The zero-order chi connectivity index (χ0) is 17.4. The minimum absolute atomic E-state index is 0.217. The Kier molecular flexibility index (Phi) is 3.73. The molecule has 0 saturated heterocycles. The van der Waals surface area contributed by atoms with E-state index < -0.39 is 0 Å². The fourth-order valence-electron chi connectivity index (χ4n) is 3.17.